The van der Waals surface area contributed by atoms with Gasteiger partial charge in [0.05, 0.1) is 6.33 Å². The summed E-state index contributed by atoms with van der Waals surface area (Å²) >= 11 is 5.97. The number of hydrogen-bond donors (Lipinski definition) is 2. The smallest absolute Gasteiger partial charge is 0.252 e. The van der Waals surface area contributed by atoms with Crippen LogP contribution in [0.2, 0.25) is 5.02 Å². The largest absolute Gasteiger partial charge is 0.508 e. The van der Waals surface area contributed by atoms with E-state index in [9.17, 15) is 9.90 Å². The number of aromatic amines is 1. The molecule has 3 rings (SSSR count). The first-order valence-electron chi connectivity index (χ1n) is 7.11. The highest BCUT2D eigenvalue weighted by Crippen LogP contribution is 2.23. The molecule has 0 bridgehead atoms. The molecule has 0 saturated carbocycles. The Morgan fingerprint density at radius 3 is 2.73 bits per heavy atom. The molecule has 1 aromatic heterocycles. The maximum Gasteiger partial charge on any atom is 0.252 e. The Balaban J connectivity index is 1.62. The van der Waals surface area contributed by atoms with Gasteiger partial charge in [-0.15, -0.1) is 0 Å². The number of H-pyrrole nitrogens is 1. The van der Waals surface area contributed by atoms with E-state index >= 15 is 0 Å². The van der Waals surface area contributed by atoms with E-state index in [1.54, 1.807) is 18.2 Å². The highest BCUT2D eigenvalue weighted by molar-refractivity contribution is 6.30. The molecule has 1 aliphatic rings. The highest BCUT2D eigenvalue weighted by atomic mass is 35.5. The molecule has 1 saturated heterocycles. The Morgan fingerprint density at radius 1 is 1.23 bits per heavy atom. The number of aromatic nitrogens is 2. The second kappa shape index (κ2) is 6.37. The summed E-state index contributed by atoms with van der Waals surface area (Å²) < 4.78 is 0. The van der Waals surface area contributed by atoms with Gasteiger partial charge in [0.25, 0.3) is 5.56 Å². The number of rotatable bonds is 3. The molecule has 0 amide bonds. The number of nitrogens with zero attached hydrogens (tertiary/aromatic N) is 3. The molecule has 1 aliphatic heterocycles. The van der Waals surface area contributed by atoms with Gasteiger partial charge in [0, 0.05) is 49.4 Å². The number of phenols is 1. The van der Waals surface area contributed by atoms with Crippen LogP contribution in [0.15, 0.2) is 35.4 Å². The minimum atomic E-state index is -0.142. The zero-order valence-electron chi connectivity index (χ0n) is 12.0. The lowest BCUT2D eigenvalue weighted by Crippen LogP contribution is -2.46. The van der Waals surface area contributed by atoms with E-state index in [-0.39, 0.29) is 11.3 Å². The summed E-state index contributed by atoms with van der Waals surface area (Å²) in [5, 5.41) is 10.5. The van der Waals surface area contributed by atoms with Gasteiger partial charge in [-0.25, -0.2) is 4.98 Å². The van der Waals surface area contributed by atoms with Crippen molar-refractivity contribution in [2.75, 3.05) is 31.1 Å². The van der Waals surface area contributed by atoms with Crippen LogP contribution in [0.4, 0.5) is 5.82 Å². The molecule has 22 heavy (non-hydrogen) atoms. The molecular weight excluding hydrogens is 304 g/mol. The number of nitrogens with one attached hydrogen (secondary N) is 1. The zero-order chi connectivity index (χ0) is 15.5. The zero-order valence-corrected chi connectivity index (χ0v) is 12.8. The fraction of sp³-hybridized carbons (Fsp3) is 0.333. The molecule has 1 aromatic carbocycles. The number of phenolic OH excluding ortho intramolecular Hbond substituents is 1. The Bertz CT molecular complexity index is 711. The van der Waals surface area contributed by atoms with Crippen molar-refractivity contribution in [3.8, 4) is 5.75 Å². The summed E-state index contributed by atoms with van der Waals surface area (Å²) in [6.07, 6.45) is 1.42. The van der Waals surface area contributed by atoms with Crippen molar-refractivity contribution < 1.29 is 5.11 Å². The van der Waals surface area contributed by atoms with Crippen molar-refractivity contribution in [1.29, 1.82) is 0 Å². The summed E-state index contributed by atoms with van der Waals surface area (Å²) in [6.45, 7) is 3.90. The lowest BCUT2D eigenvalue weighted by atomic mass is 10.1. The van der Waals surface area contributed by atoms with E-state index in [2.05, 4.69) is 19.8 Å². The third kappa shape index (κ3) is 3.40. The molecule has 7 heteroatoms. The number of halogens is 1. The van der Waals surface area contributed by atoms with Crippen molar-refractivity contribution in [3.05, 3.63) is 51.5 Å². The molecule has 0 radical (unpaired) electrons. The summed E-state index contributed by atoms with van der Waals surface area (Å²) in [5.41, 5.74) is 0.687. The van der Waals surface area contributed by atoms with Crippen LogP contribution in [0, 0.1) is 0 Å². The third-order valence-corrected chi connectivity index (χ3v) is 4.03. The normalized spacial score (nSPS) is 16.0. The molecule has 2 aromatic rings. The SMILES string of the molecule is O=c1cc(N2CCN(Cc3cc(Cl)ccc3O)CC2)nc[nH]1. The van der Waals surface area contributed by atoms with Gasteiger partial charge in [-0.3, -0.25) is 9.69 Å². The number of piperazine rings is 1. The van der Waals surface area contributed by atoms with E-state index in [1.807, 2.05) is 0 Å². The summed E-state index contributed by atoms with van der Waals surface area (Å²) in [7, 11) is 0. The van der Waals surface area contributed by atoms with E-state index in [1.165, 1.54) is 12.4 Å². The number of anilines is 1. The van der Waals surface area contributed by atoms with Crippen LogP contribution >= 0.6 is 11.6 Å². The van der Waals surface area contributed by atoms with Gasteiger partial charge in [-0.1, -0.05) is 11.6 Å². The molecule has 116 valence electrons. The molecule has 6 nitrogen and oxygen atoms in total. The first-order chi connectivity index (χ1) is 10.6. The Labute approximate surface area is 133 Å². The fourth-order valence-electron chi connectivity index (χ4n) is 2.59. The maximum atomic E-state index is 11.3. The van der Waals surface area contributed by atoms with Crippen LogP contribution in [0.25, 0.3) is 0 Å². The molecule has 2 heterocycles. The second-order valence-corrected chi connectivity index (χ2v) is 5.74. The summed E-state index contributed by atoms with van der Waals surface area (Å²) in [4.78, 5) is 22.4. The predicted octanol–water partition coefficient (Wildman–Crippen LogP) is 1.45. The average molecular weight is 321 g/mol. The summed E-state index contributed by atoms with van der Waals surface area (Å²) in [5.74, 6) is 0.970. The van der Waals surface area contributed by atoms with Crippen LogP contribution in [-0.2, 0) is 6.54 Å². The molecule has 1 fully saturated rings. The summed E-state index contributed by atoms with van der Waals surface area (Å²) in [6, 6.07) is 6.60. The van der Waals surface area contributed by atoms with E-state index in [0.717, 1.165) is 31.7 Å². The first-order valence-corrected chi connectivity index (χ1v) is 7.49. The monoisotopic (exact) mass is 320 g/mol. The lowest BCUT2D eigenvalue weighted by molar-refractivity contribution is 0.246. The van der Waals surface area contributed by atoms with Crippen molar-refractivity contribution in [2.45, 2.75) is 6.54 Å². The van der Waals surface area contributed by atoms with Crippen LogP contribution < -0.4 is 10.5 Å². The Morgan fingerprint density at radius 2 is 2.00 bits per heavy atom. The molecule has 0 unspecified atom stereocenters. The van der Waals surface area contributed by atoms with Crippen molar-refractivity contribution in [3.63, 3.8) is 0 Å². The Kier molecular flexibility index (Phi) is 4.31. The first kappa shape index (κ1) is 14.9. The van der Waals surface area contributed by atoms with Crippen LogP contribution in [0.3, 0.4) is 0 Å². The molecule has 0 spiro atoms. The number of aromatic hydroxyl groups is 1. The second-order valence-electron chi connectivity index (χ2n) is 5.31. The van der Waals surface area contributed by atoms with Crippen molar-refractivity contribution in [2.24, 2.45) is 0 Å². The van der Waals surface area contributed by atoms with Crippen molar-refractivity contribution in [1.82, 2.24) is 14.9 Å². The van der Waals surface area contributed by atoms with Gasteiger partial charge in [0.15, 0.2) is 0 Å². The standard InChI is InChI=1S/C15H17ClN4O2/c16-12-1-2-13(21)11(7-12)9-19-3-5-20(6-4-19)14-8-15(22)18-10-17-14/h1-2,7-8,10,21H,3-6,9H2,(H,17,18,22). The molecule has 0 atom stereocenters. The van der Waals surface area contributed by atoms with E-state index in [4.69, 9.17) is 11.6 Å². The van der Waals surface area contributed by atoms with Crippen LogP contribution in [0.1, 0.15) is 5.56 Å². The predicted molar refractivity (Wildman–Crippen MR) is 85.5 cm³/mol. The van der Waals surface area contributed by atoms with Gasteiger partial charge in [0.2, 0.25) is 0 Å². The number of benzene rings is 1. The van der Waals surface area contributed by atoms with Gasteiger partial charge >= 0.3 is 0 Å². The average Bonchev–Trinajstić information content (AvgIpc) is 2.52. The minimum absolute atomic E-state index is 0.142. The minimum Gasteiger partial charge on any atom is -0.508 e. The van der Waals surface area contributed by atoms with Crippen LogP contribution in [-0.4, -0.2) is 46.2 Å². The van der Waals surface area contributed by atoms with E-state index in [0.29, 0.717) is 17.4 Å². The topological polar surface area (TPSA) is 72.5 Å². The quantitative estimate of drug-likeness (QED) is 0.895. The molecular formula is C15H17ClN4O2. The maximum absolute atomic E-state index is 11.3. The third-order valence-electron chi connectivity index (χ3n) is 3.80. The van der Waals surface area contributed by atoms with Crippen molar-refractivity contribution >= 4 is 17.4 Å². The molecule has 2 N–H and O–H groups in total. The van der Waals surface area contributed by atoms with Gasteiger partial charge in [-0.05, 0) is 18.2 Å². The number of hydrogen-bond acceptors (Lipinski definition) is 5. The lowest BCUT2D eigenvalue weighted by Gasteiger charge is -2.35. The van der Waals surface area contributed by atoms with Gasteiger partial charge < -0.3 is 15.0 Å². The Hall–Kier alpha value is -2.05. The van der Waals surface area contributed by atoms with Crippen LogP contribution in [0.5, 0.6) is 5.75 Å². The molecule has 0 aliphatic carbocycles. The van der Waals surface area contributed by atoms with Gasteiger partial charge in [-0.2, -0.15) is 0 Å². The van der Waals surface area contributed by atoms with E-state index < -0.39 is 0 Å². The highest BCUT2D eigenvalue weighted by Gasteiger charge is 2.19. The fourth-order valence-corrected chi connectivity index (χ4v) is 2.78. The van der Waals surface area contributed by atoms with Gasteiger partial charge in [0.1, 0.15) is 11.6 Å².